The van der Waals surface area contributed by atoms with E-state index in [0.717, 1.165) is 31.9 Å². The Kier molecular flexibility index (Phi) is 4.55. The summed E-state index contributed by atoms with van der Waals surface area (Å²) in [6.45, 7) is 3.87. The third-order valence-corrected chi connectivity index (χ3v) is 3.83. The van der Waals surface area contributed by atoms with Gasteiger partial charge >= 0.3 is 0 Å². The Balaban J connectivity index is 1.97. The monoisotopic (exact) mass is 265 g/mol. The van der Waals surface area contributed by atoms with Crippen LogP contribution in [0.3, 0.4) is 0 Å². The summed E-state index contributed by atoms with van der Waals surface area (Å²) >= 11 is 0. The van der Waals surface area contributed by atoms with Crippen LogP contribution < -0.4 is 5.73 Å². The van der Waals surface area contributed by atoms with Crippen molar-refractivity contribution < 1.29 is 4.79 Å². The van der Waals surface area contributed by atoms with Gasteiger partial charge in [-0.05, 0) is 13.1 Å². The zero-order chi connectivity index (χ0) is 13.8. The van der Waals surface area contributed by atoms with Gasteiger partial charge in [0.05, 0.1) is 5.92 Å². The lowest BCUT2D eigenvalue weighted by atomic mass is 10.0. The summed E-state index contributed by atoms with van der Waals surface area (Å²) in [5, 5.41) is 4.13. The molecule has 1 aromatic heterocycles. The molecule has 0 aromatic carbocycles. The molecule has 0 saturated carbocycles. The lowest BCUT2D eigenvalue weighted by molar-refractivity contribution is -0.136. The minimum absolute atomic E-state index is 0.140. The van der Waals surface area contributed by atoms with Crippen LogP contribution >= 0.6 is 0 Å². The molecular formula is C13H23N5O. The van der Waals surface area contributed by atoms with Gasteiger partial charge in [0.15, 0.2) is 0 Å². The van der Waals surface area contributed by atoms with Crippen molar-refractivity contribution in [3.63, 3.8) is 0 Å². The Bertz CT molecular complexity index is 422. The number of likely N-dealkylation sites (N-methyl/N-ethyl adjacent to an activating group) is 1. The summed E-state index contributed by atoms with van der Waals surface area (Å²) in [7, 11) is 3.97. The number of amides is 1. The molecule has 1 atom stereocenters. The molecule has 19 heavy (non-hydrogen) atoms. The van der Waals surface area contributed by atoms with E-state index in [2.05, 4.69) is 17.0 Å². The first kappa shape index (κ1) is 14.0. The van der Waals surface area contributed by atoms with Crippen LogP contribution in [0.5, 0.6) is 0 Å². The molecule has 2 rings (SSSR count). The molecule has 1 amide bonds. The topological polar surface area (TPSA) is 67.4 Å². The predicted octanol–water partition coefficient (Wildman–Crippen LogP) is -0.688. The summed E-state index contributed by atoms with van der Waals surface area (Å²) < 4.78 is 1.81. The number of hydrogen-bond acceptors (Lipinski definition) is 4. The highest BCUT2D eigenvalue weighted by Crippen LogP contribution is 2.12. The van der Waals surface area contributed by atoms with Gasteiger partial charge in [0.2, 0.25) is 5.91 Å². The van der Waals surface area contributed by atoms with Crippen molar-refractivity contribution >= 4 is 5.91 Å². The molecule has 0 radical (unpaired) electrons. The van der Waals surface area contributed by atoms with Gasteiger partial charge in [-0.3, -0.25) is 9.48 Å². The molecule has 106 valence electrons. The van der Waals surface area contributed by atoms with Crippen LogP contribution in [0.1, 0.15) is 5.69 Å². The molecule has 0 bridgehead atoms. The third kappa shape index (κ3) is 3.33. The second-order valence-electron chi connectivity index (χ2n) is 5.21. The Labute approximate surface area is 114 Å². The van der Waals surface area contributed by atoms with E-state index in [1.54, 1.807) is 10.9 Å². The molecule has 1 aliphatic heterocycles. The number of rotatable bonds is 4. The van der Waals surface area contributed by atoms with Gasteiger partial charge in [-0.15, -0.1) is 0 Å². The van der Waals surface area contributed by atoms with Crippen molar-refractivity contribution in [2.45, 2.75) is 6.42 Å². The first-order valence-corrected chi connectivity index (χ1v) is 6.76. The van der Waals surface area contributed by atoms with E-state index >= 15 is 0 Å². The number of nitrogens with zero attached hydrogens (tertiary/aromatic N) is 4. The van der Waals surface area contributed by atoms with Crippen molar-refractivity contribution in [2.75, 3.05) is 39.8 Å². The first-order valence-electron chi connectivity index (χ1n) is 6.76. The van der Waals surface area contributed by atoms with Gasteiger partial charge in [-0.2, -0.15) is 5.10 Å². The normalized spacial score (nSPS) is 18.6. The molecule has 1 fully saturated rings. The van der Waals surface area contributed by atoms with Crippen LogP contribution in [0.4, 0.5) is 0 Å². The fourth-order valence-corrected chi connectivity index (χ4v) is 2.41. The second-order valence-corrected chi connectivity index (χ2v) is 5.21. The lowest BCUT2D eigenvalue weighted by Gasteiger charge is -2.34. The van der Waals surface area contributed by atoms with Crippen molar-refractivity contribution in [3.05, 3.63) is 18.0 Å². The number of piperazine rings is 1. The highest BCUT2D eigenvalue weighted by atomic mass is 16.2. The predicted molar refractivity (Wildman–Crippen MR) is 73.5 cm³/mol. The largest absolute Gasteiger partial charge is 0.340 e. The van der Waals surface area contributed by atoms with Crippen molar-refractivity contribution in [1.29, 1.82) is 0 Å². The fraction of sp³-hybridized carbons (Fsp3) is 0.692. The molecule has 1 unspecified atom stereocenters. The Morgan fingerprint density at radius 2 is 2.05 bits per heavy atom. The van der Waals surface area contributed by atoms with E-state index in [9.17, 15) is 4.79 Å². The number of carbonyl (C=O) groups excluding carboxylic acids is 1. The molecular weight excluding hydrogens is 242 g/mol. The van der Waals surface area contributed by atoms with E-state index in [1.165, 1.54) is 0 Å². The molecule has 0 spiro atoms. The smallest absolute Gasteiger partial charge is 0.227 e. The quantitative estimate of drug-likeness (QED) is 0.782. The van der Waals surface area contributed by atoms with E-state index in [4.69, 9.17) is 5.73 Å². The van der Waals surface area contributed by atoms with Crippen molar-refractivity contribution in [1.82, 2.24) is 19.6 Å². The summed E-state index contributed by atoms with van der Waals surface area (Å²) in [5.74, 6) is 0.0376. The van der Waals surface area contributed by atoms with Gasteiger partial charge in [-0.1, -0.05) is 0 Å². The minimum atomic E-state index is -0.140. The van der Waals surface area contributed by atoms with E-state index in [-0.39, 0.29) is 11.8 Å². The molecule has 0 aliphatic carbocycles. The van der Waals surface area contributed by atoms with Crippen LogP contribution in [-0.4, -0.2) is 65.3 Å². The van der Waals surface area contributed by atoms with E-state index < -0.39 is 0 Å². The molecule has 1 aromatic rings. The molecule has 6 heteroatoms. The van der Waals surface area contributed by atoms with E-state index in [0.29, 0.717) is 13.0 Å². The van der Waals surface area contributed by atoms with Gasteiger partial charge in [0, 0.05) is 58.1 Å². The molecule has 2 N–H and O–H groups in total. The van der Waals surface area contributed by atoms with Gasteiger partial charge in [-0.25, -0.2) is 0 Å². The van der Waals surface area contributed by atoms with Crippen molar-refractivity contribution in [3.8, 4) is 0 Å². The zero-order valence-electron chi connectivity index (χ0n) is 11.7. The molecule has 6 nitrogen and oxygen atoms in total. The minimum Gasteiger partial charge on any atom is -0.340 e. The molecule has 2 heterocycles. The summed E-state index contributed by atoms with van der Waals surface area (Å²) in [6, 6.07) is 1.94. The van der Waals surface area contributed by atoms with Gasteiger partial charge in [0.25, 0.3) is 0 Å². The Morgan fingerprint density at radius 3 is 2.58 bits per heavy atom. The number of carbonyl (C=O) groups is 1. The van der Waals surface area contributed by atoms with Crippen molar-refractivity contribution in [2.24, 2.45) is 18.7 Å². The second kappa shape index (κ2) is 6.16. The maximum absolute atomic E-state index is 12.5. The summed E-state index contributed by atoms with van der Waals surface area (Å²) in [6.07, 6.45) is 2.42. The third-order valence-electron chi connectivity index (χ3n) is 3.83. The fourth-order valence-electron chi connectivity index (χ4n) is 2.41. The van der Waals surface area contributed by atoms with Crippen LogP contribution in [0.25, 0.3) is 0 Å². The number of hydrogen-bond donors (Lipinski definition) is 1. The highest BCUT2D eigenvalue weighted by Gasteiger charge is 2.26. The zero-order valence-corrected chi connectivity index (χ0v) is 11.7. The maximum atomic E-state index is 12.5. The van der Waals surface area contributed by atoms with Crippen LogP contribution in [0, 0.1) is 5.92 Å². The standard InChI is InChI=1S/C13H23N5O/c1-16-5-7-18(8-6-16)13(19)11(10-14)9-12-3-4-15-17(12)2/h3-4,11H,5-10,14H2,1-2H3. The maximum Gasteiger partial charge on any atom is 0.227 e. The van der Waals surface area contributed by atoms with Crippen LogP contribution in [-0.2, 0) is 18.3 Å². The van der Waals surface area contributed by atoms with Crippen LogP contribution in [0.15, 0.2) is 12.3 Å². The average molecular weight is 265 g/mol. The average Bonchev–Trinajstić information content (AvgIpc) is 2.81. The first-order chi connectivity index (χ1) is 9.11. The Hall–Kier alpha value is -1.40. The van der Waals surface area contributed by atoms with Crippen LogP contribution in [0.2, 0.25) is 0 Å². The van der Waals surface area contributed by atoms with Gasteiger partial charge < -0.3 is 15.5 Å². The molecule has 1 saturated heterocycles. The summed E-state index contributed by atoms with van der Waals surface area (Å²) in [4.78, 5) is 16.6. The highest BCUT2D eigenvalue weighted by molar-refractivity contribution is 5.79. The van der Waals surface area contributed by atoms with E-state index in [1.807, 2.05) is 18.0 Å². The number of nitrogens with two attached hydrogens (primary N) is 1. The number of aryl methyl sites for hydroxylation is 1. The Morgan fingerprint density at radius 1 is 1.37 bits per heavy atom. The molecule has 1 aliphatic rings. The SMILES string of the molecule is CN1CCN(C(=O)C(CN)Cc2ccnn2C)CC1. The number of aromatic nitrogens is 2. The van der Waals surface area contributed by atoms with Gasteiger partial charge in [0.1, 0.15) is 0 Å². The lowest BCUT2D eigenvalue weighted by Crippen LogP contribution is -2.50. The summed E-state index contributed by atoms with van der Waals surface area (Å²) in [5.41, 5.74) is 6.84.